The quantitative estimate of drug-likeness (QED) is 0.675. The van der Waals surface area contributed by atoms with Crippen molar-refractivity contribution < 1.29 is 9.18 Å². The van der Waals surface area contributed by atoms with Gasteiger partial charge in [-0.25, -0.2) is 9.37 Å². The van der Waals surface area contributed by atoms with Crippen LogP contribution in [-0.4, -0.2) is 33.0 Å². The molecule has 0 unspecified atom stereocenters. The van der Waals surface area contributed by atoms with Gasteiger partial charge in [-0.2, -0.15) is 4.52 Å². The van der Waals surface area contributed by atoms with Gasteiger partial charge in [0.25, 0.3) is 5.56 Å². The molecule has 8 heteroatoms. The van der Waals surface area contributed by atoms with Crippen LogP contribution in [0.5, 0.6) is 0 Å². The van der Waals surface area contributed by atoms with E-state index in [-0.39, 0.29) is 23.2 Å². The number of anilines is 1. The Kier molecular flexibility index (Phi) is 4.73. The summed E-state index contributed by atoms with van der Waals surface area (Å²) in [5.41, 5.74) is 1.39. The maximum atomic E-state index is 13.0. The molecule has 6 nitrogen and oxygen atoms in total. The first-order valence-electron chi connectivity index (χ1n) is 8.92. The van der Waals surface area contributed by atoms with Gasteiger partial charge in [-0.1, -0.05) is 23.5 Å². The summed E-state index contributed by atoms with van der Waals surface area (Å²) >= 11 is 1.33. The summed E-state index contributed by atoms with van der Waals surface area (Å²) in [6, 6.07) is 7.46. The number of rotatable bonds is 5. The summed E-state index contributed by atoms with van der Waals surface area (Å²) in [5, 5.41) is 5.04. The van der Waals surface area contributed by atoms with E-state index < -0.39 is 0 Å². The first kappa shape index (κ1) is 17.8. The second-order valence-electron chi connectivity index (χ2n) is 6.76. The third-order valence-electron chi connectivity index (χ3n) is 4.81. The standard InChI is InChI=1S/C19H19FN4O2S/c1-12-11-17(26)24-18(21-12)27-19(22-24)23-10-2-3-15(23)16(25)9-6-13-4-7-14(20)8-5-13/h4-5,7-8,11,15H,2-3,6,9-10H2,1H3/t15-/m1/s1. The van der Waals surface area contributed by atoms with Crippen molar-refractivity contribution >= 4 is 27.2 Å². The van der Waals surface area contributed by atoms with Gasteiger partial charge >= 0.3 is 0 Å². The number of aryl methyl sites for hydroxylation is 2. The predicted molar refractivity (Wildman–Crippen MR) is 102 cm³/mol. The Morgan fingerprint density at radius 1 is 1.33 bits per heavy atom. The topological polar surface area (TPSA) is 67.6 Å². The van der Waals surface area contributed by atoms with Gasteiger partial charge in [0.2, 0.25) is 10.1 Å². The fraction of sp³-hybridized carbons (Fsp3) is 0.368. The molecule has 3 aromatic rings. The van der Waals surface area contributed by atoms with Crippen molar-refractivity contribution in [2.24, 2.45) is 0 Å². The van der Waals surface area contributed by atoms with E-state index in [9.17, 15) is 14.0 Å². The van der Waals surface area contributed by atoms with Gasteiger partial charge in [-0.05, 0) is 43.9 Å². The number of carbonyl (C=O) groups is 1. The molecule has 3 heterocycles. The summed E-state index contributed by atoms with van der Waals surface area (Å²) < 4.78 is 14.3. The van der Waals surface area contributed by atoms with Crippen LogP contribution in [0.25, 0.3) is 4.96 Å². The minimum absolute atomic E-state index is 0.146. The lowest BCUT2D eigenvalue weighted by Crippen LogP contribution is -2.36. The maximum absolute atomic E-state index is 13.0. The van der Waals surface area contributed by atoms with E-state index in [0.29, 0.717) is 28.6 Å². The van der Waals surface area contributed by atoms with Gasteiger partial charge in [-0.15, -0.1) is 5.10 Å². The third-order valence-corrected chi connectivity index (χ3v) is 5.75. The van der Waals surface area contributed by atoms with Gasteiger partial charge in [0.15, 0.2) is 5.78 Å². The van der Waals surface area contributed by atoms with Crippen LogP contribution in [0.4, 0.5) is 9.52 Å². The second-order valence-corrected chi connectivity index (χ2v) is 7.69. The van der Waals surface area contributed by atoms with Crippen LogP contribution in [0.15, 0.2) is 35.1 Å². The molecule has 0 amide bonds. The molecule has 0 spiro atoms. The van der Waals surface area contributed by atoms with Crippen molar-refractivity contribution in [1.29, 1.82) is 0 Å². The van der Waals surface area contributed by atoms with Crippen molar-refractivity contribution in [3.8, 4) is 0 Å². The molecule has 2 aromatic heterocycles. The highest BCUT2D eigenvalue weighted by Gasteiger charge is 2.32. The number of benzene rings is 1. The molecule has 0 radical (unpaired) electrons. The van der Waals surface area contributed by atoms with Crippen LogP contribution in [0.2, 0.25) is 0 Å². The van der Waals surface area contributed by atoms with Crippen LogP contribution in [0.1, 0.15) is 30.5 Å². The van der Waals surface area contributed by atoms with Crippen molar-refractivity contribution in [2.45, 2.75) is 38.6 Å². The molecule has 1 aromatic carbocycles. The van der Waals surface area contributed by atoms with Gasteiger partial charge < -0.3 is 4.90 Å². The number of Topliss-reactive ketones (excluding diaryl/α,β-unsaturated/α-hetero) is 1. The third kappa shape index (κ3) is 3.62. The first-order chi connectivity index (χ1) is 13.0. The fourth-order valence-corrected chi connectivity index (χ4v) is 4.47. The Bertz CT molecular complexity index is 1040. The molecule has 4 rings (SSSR count). The molecular weight excluding hydrogens is 367 g/mol. The van der Waals surface area contributed by atoms with Crippen molar-refractivity contribution in [3.63, 3.8) is 0 Å². The average Bonchev–Trinajstić information content (AvgIpc) is 3.27. The molecule has 1 fully saturated rings. The summed E-state index contributed by atoms with van der Waals surface area (Å²) in [5.74, 6) is -0.130. The summed E-state index contributed by atoms with van der Waals surface area (Å²) in [7, 11) is 0. The number of fused-ring (bicyclic) bond motifs is 1. The number of halogens is 1. The summed E-state index contributed by atoms with van der Waals surface area (Å²) in [6.07, 6.45) is 2.67. The van der Waals surface area contributed by atoms with Crippen molar-refractivity contribution in [2.75, 3.05) is 11.4 Å². The van der Waals surface area contributed by atoms with E-state index >= 15 is 0 Å². The van der Waals surface area contributed by atoms with Crippen LogP contribution in [0.3, 0.4) is 0 Å². The Morgan fingerprint density at radius 3 is 2.89 bits per heavy atom. The van der Waals surface area contributed by atoms with Gasteiger partial charge in [0.1, 0.15) is 5.82 Å². The van der Waals surface area contributed by atoms with Gasteiger partial charge in [0.05, 0.1) is 6.04 Å². The lowest BCUT2D eigenvalue weighted by atomic mass is 10.0. The molecule has 140 valence electrons. The lowest BCUT2D eigenvalue weighted by molar-refractivity contribution is -0.120. The summed E-state index contributed by atoms with van der Waals surface area (Å²) in [6.45, 7) is 2.51. The van der Waals surface area contributed by atoms with E-state index in [4.69, 9.17) is 0 Å². The molecule has 1 saturated heterocycles. The summed E-state index contributed by atoms with van der Waals surface area (Å²) in [4.78, 5) is 31.8. The van der Waals surface area contributed by atoms with Crippen LogP contribution < -0.4 is 10.5 Å². The smallest absolute Gasteiger partial charge is 0.275 e. The zero-order chi connectivity index (χ0) is 19.0. The zero-order valence-electron chi connectivity index (χ0n) is 14.9. The highest BCUT2D eigenvalue weighted by atomic mass is 32.1. The van der Waals surface area contributed by atoms with Crippen LogP contribution >= 0.6 is 11.3 Å². The highest BCUT2D eigenvalue weighted by Crippen LogP contribution is 2.30. The SMILES string of the molecule is Cc1cc(=O)n2nc(N3CCC[C@@H]3C(=O)CCc3ccc(F)cc3)sc2n1. The van der Waals surface area contributed by atoms with Crippen LogP contribution in [0, 0.1) is 12.7 Å². The molecule has 0 aliphatic carbocycles. The Balaban J connectivity index is 1.51. The van der Waals surface area contributed by atoms with Crippen molar-refractivity contribution in [1.82, 2.24) is 14.6 Å². The number of nitrogens with zero attached hydrogens (tertiary/aromatic N) is 4. The predicted octanol–water partition coefficient (Wildman–Crippen LogP) is 2.77. The highest BCUT2D eigenvalue weighted by molar-refractivity contribution is 7.20. The van der Waals surface area contributed by atoms with E-state index in [0.717, 1.165) is 24.9 Å². The van der Waals surface area contributed by atoms with Gasteiger partial charge in [0, 0.05) is 24.7 Å². The molecular formula is C19H19FN4O2S. The number of hydrogen-bond acceptors (Lipinski definition) is 6. The molecule has 0 bridgehead atoms. The average molecular weight is 386 g/mol. The minimum atomic E-state index is -0.276. The molecule has 1 aliphatic heterocycles. The largest absolute Gasteiger partial charge is 0.337 e. The zero-order valence-corrected chi connectivity index (χ0v) is 15.7. The number of ketones is 1. The van der Waals surface area contributed by atoms with Crippen LogP contribution in [-0.2, 0) is 11.2 Å². The molecule has 1 atom stereocenters. The lowest BCUT2D eigenvalue weighted by Gasteiger charge is -2.22. The number of hydrogen-bond donors (Lipinski definition) is 0. The van der Waals surface area contributed by atoms with E-state index in [1.807, 2.05) is 4.90 Å². The number of carbonyl (C=O) groups excluding carboxylic acids is 1. The Hall–Kier alpha value is -2.61. The Labute approximate surface area is 159 Å². The van der Waals surface area contributed by atoms with E-state index in [1.165, 1.54) is 34.1 Å². The normalized spacial score (nSPS) is 17.0. The molecule has 1 aliphatic rings. The molecule has 0 N–H and O–H groups in total. The van der Waals surface area contributed by atoms with E-state index in [2.05, 4.69) is 10.1 Å². The maximum Gasteiger partial charge on any atom is 0.275 e. The number of aromatic nitrogens is 3. The van der Waals surface area contributed by atoms with Crippen molar-refractivity contribution in [3.05, 3.63) is 57.8 Å². The molecule has 27 heavy (non-hydrogen) atoms. The first-order valence-corrected chi connectivity index (χ1v) is 9.74. The Morgan fingerprint density at radius 2 is 2.11 bits per heavy atom. The van der Waals surface area contributed by atoms with E-state index in [1.54, 1.807) is 19.1 Å². The van der Waals surface area contributed by atoms with Gasteiger partial charge in [-0.3, -0.25) is 9.59 Å². The minimum Gasteiger partial charge on any atom is -0.337 e. The fourth-order valence-electron chi connectivity index (χ4n) is 3.44. The monoisotopic (exact) mass is 386 g/mol. The molecule has 0 saturated carbocycles. The second kappa shape index (κ2) is 7.19.